The third-order valence-corrected chi connectivity index (χ3v) is 9.79. The molecule has 1 fully saturated rings. The zero-order valence-corrected chi connectivity index (χ0v) is 24.3. The molecule has 4 aromatic rings. The molecule has 2 aliphatic rings. The number of Topliss-reactive ketones (excluding diaryl/α,β-unsaturated/α-hetero) is 1. The molecule has 1 amide bonds. The third kappa shape index (κ3) is 6.05. The number of hydrogen-bond acceptors (Lipinski definition) is 7. The fraction of sp³-hybridized carbons (Fsp3) is 0.276. The molecule has 1 aromatic heterocycles. The number of aromatic nitrogens is 2. The number of amides is 1. The first-order valence-corrected chi connectivity index (χ1v) is 15.7. The third-order valence-electron chi connectivity index (χ3n) is 7.42. The van der Waals surface area contributed by atoms with Gasteiger partial charge >= 0.3 is 7.60 Å². The van der Waals surface area contributed by atoms with Gasteiger partial charge in [0.1, 0.15) is 17.7 Å². The lowest BCUT2D eigenvalue weighted by molar-refractivity contribution is 0.0906. The molecule has 1 unspecified atom stereocenters. The van der Waals surface area contributed by atoms with Crippen LogP contribution in [0.5, 0.6) is 5.75 Å². The molecule has 6 rings (SSSR count). The van der Waals surface area contributed by atoms with Crippen molar-refractivity contribution in [3.05, 3.63) is 93.2 Å². The van der Waals surface area contributed by atoms with E-state index < -0.39 is 7.60 Å². The van der Waals surface area contributed by atoms with Crippen LogP contribution in [0.3, 0.4) is 0 Å². The van der Waals surface area contributed by atoms with E-state index in [0.717, 1.165) is 16.3 Å². The van der Waals surface area contributed by atoms with Gasteiger partial charge in [-0.05, 0) is 47.9 Å². The highest BCUT2D eigenvalue weighted by Gasteiger charge is 2.36. The first-order chi connectivity index (χ1) is 19.8. The molecule has 1 saturated heterocycles. The van der Waals surface area contributed by atoms with Gasteiger partial charge < -0.3 is 9.84 Å². The minimum absolute atomic E-state index is 0.0740. The molecular formula is C29H27Cl2N4O5P. The fourth-order valence-electron chi connectivity index (χ4n) is 5.27. The summed E-state index contributed by atoms with van der Waals surface area (Å²) in [5, 5.41) is 12.3. The van der Waals surface area contributed by atoms with Crippen LogP contribution in [0, 0.1) is 0 Å². The molecule has 12 heteroatoms. The Bertz CT molecular complexity index is 1660. The molecule has 41 heavy (non-hydrogen) atoms. The van der Waals surface area contributed by atoms with E-state index >= 15 is 0 Å². The number of halogens is 2. The molecule has 2 aliphatic heterocycles. The molecule has 0 aliphatic carbocycles. The summed E-state index contributed by atoms with van der Waals surface area (Å²) in [4.78, 5) is 28.0. The minimum atomic E-state index is -3.36. The van der Waals surface area contributed by atoms with Crippen molar-refractivity contribution >= 4 is 53.3 Å². The van der Waals surface area contributed by atoms with Gasteiger partial charge in [0.2, 0.25) is 0 Å². The molecule has 0 spiro atoms. The van der Waals surface area contributed by atoms with Crippen LogP contribution >= 0.6 is 30.8 Å². The summed E-state index contributed by atoms with van der Waals surface area (Å²) >= 11 is 12.4. The summed E-state index contributed by atoms with van der Waals surface area (Å²) in [7, 11) is -3.36. The Kier molecular flexibility index (Phi) is 7.90. The number of ketones is 1. The second kappa shape index (κ2) is 11.6. The average molecular weight is 613 g/mol. The molecule has 212 valence electrons. The number of benzene rings is 3. The van der Waals surface area contributed by atoms with E-state index in [-0.39, 0.29) is 58.3 Å². The average Bonchev–Trinajstić information content (AvgIpc) is 3.41. The Labute approximate surface area is 246 Å². The van der Waals surface area contributed by atoms with Gasteiger partial charge in [0.05, 0.1) is 28.4 Å². The zero-order chi connectivity index (χ0) is 28.6. The first-order valence-electron chi connectivity index (χ1n) is 13.3. The Morgan fingerprint density at radius 1 is 1.05 bits per heavy atom. The summed E-state index contributed by atoms with van der Waals surface area (Å²) in [6.45, 7) is 1.47. The highest BCUT2D eigenvalue weighted by Crippen LogP contribution is 2.54. The van der Waals surface area contributed by atoms with E-state index in [0.29, 0.717) is 37.2 Å². The smallest absolute Gasteiger partial charge is 0.393 e. The molecule has 3 heterocycles. The van der Waals surface area contributed by atoms with Gasteiger partial charge in [0.25, 0.3) is 5.91 Å². The van der Waals surface area contributed by atoms with Crippen molar-refractivity contribution in [1.29, 1.82) is 0 Å². The van der Waals surface area contributed by atoms with Gasteiger partial charge in [-0.25, -0.2) is 4.57 Å². The van der Waals surface area contributed by atoms with Crippen LogP contribution in [0.2, 0.25) is 10.0 Å². The number of nitrogens with zero attached hydrogens (tertiary/aromatic N) is 2. The second-order valence-electron chi connectivity index (χ2n) is 10.3. The van der Waals surface area contributed by atoms with Crippen LogP contribution < -0.4 is 9.84 Å². The monoisotopic (exact) mass is 612 g/mol. The second-order valence-corrected chi connectivity index (χ2v) is 13.0. The molecular weight excluding hydrogens is 586 g/mol. The van der Waals surface area contributed by atoms with Gasteiger partial charge in [-0.15, -0.1) is 0 Å². The summed E-state index contributed by atoms with van der Waals surface area (Å²) in [6.07, 6.45) is 2.88. The Balaban J connectivity index is 1.03. The lowest BCUT2D eigenvalue weighted by Crippen LogP contribution is -2.45. The lowest BCUT2D eigenvalue weighted by Gasteiger charge is -2.35. The number of nitrogens with one attached hydrogen (secondary N) is 2. The van der Waals surface area contributed by atoms with Crippen LogP contribution in [-0.4, -0.2) is 52.2 Å². The molecule has 1 atom stereocenters. The van der Waals surface area contributed by atoms with Crippen LogP contribution in [0.4, 0.5) is 0 Å². The van der Waals surface area contributed by atoms with Crippen molar-refractivity contribution in [2.45, 2.75) is 31.9 Å². The topological polar surface area (TPSA) is 114 Å². The number of piperidine rings is 1. The highest BCUT2D eigenvalue weighted by molar-refractivity contribution is 7.54. The maximum Gasteiger partial charge on any atom is 0.393 e. The van der Waals surface area contributed by atoms with Crippen molar-refractivity contribution in [1.82, 2.24) is 20.4 Å². The molecule has 3 aromatic carbocycles. The largest absolute Gasteiger partial charge is 0.423 e. The normalized spacial score (nSPS) is 19.5. The SMILES string of the molecule is O=C(NC1CCN(CP2(=O)OCc3cc4ccccc4cc3O2)CC1)c1[nH]ncc1CC(=O)c1c(Cl)cccc1Cl. The van der Waals surface area contributed by atoms with Crippen LogP contribution in [0.25, 0.3) is 10.8 Å². The Morgan fingerprint density at radius 2 is 1.76 bits per heavy atom. The van der Waals surface area contributed by atoms with Crippen molar-refractivity contribution in [3.8, 4) is 5.75 Å². The van der Waals surface area contributed by atoms with Gasteiger partial charge in [-0.3, -0.25) is 24.1 Å². The first kappa shape index (κ1) is 27.9. The number of carbonyl (C=O) groups excluding carboxylic acids is 2. The Hall–Kier alpha value is -3.20. The van der Waals surface area contributed by atoms with Crippen molar-refractivity contribution in [2.75, 3.05) is 19.4 Å². The van der Waals surface area contributed by atoms with Crippen LogP contribution in [0.1, 0.15) is 44.8 Å². The molecule has 0 bridgehead atoms. The number of H-pyrrole nitrogens is 1. The Morgan fingerprint density at radius 3 is 2.49 bits per heavy atom. The highest BCUT2D eigenvalue weighted by atomic mass is 35.5. The van der Waals surface area contributed by atoms with E-state index in [4.69, 9.17) is 32.2 Å². The van der Waals surface area contributed by atoms with E-state index in [1.165, 1.54) is 6.20 Å². The standard InChI is InChI=1S/C29H27Cl2N4O5P/c30-23-6-3-7-24(31)27(23)25(36)13-20-15-32-34-28(20)29(37)33-22-8-10-35(11-9-22)17-41(38)39-16-21-12-18-4-1-2-5-19(18)14-26(21)40-41/h1-7,12,14-15,22H,8-11,13,16-17H2,(H,32,34)(H,33,37). The molecule has 0 saturated carbocycles. The zero-order valence-electron chi connectivity index (χ0n) is 21.9. The number of likely N-dealkylation sites (tertiary alicyclic amines) is 1. The van der Waals surface area contributed by atoms with Gasteiger partial charge in [-0.2, -0.15) is 5.10 Å². The quantitative estimate of drug-likeness (QED) is 0.187. The molecule has 2 N–H and O–H groups in total. The number of hydrogen-bond donors (Lipinski definition) is 2. The fourth-order valence-corrected chi connectivity index (χ4v) is 7.65. The predicted molar refractivity (Wildman–Crippen MR) is 157 cm³/mol. The van der Waals surface area contributed by atoms with Crippen LogP contribution in [-0.2, 0) is 22.1 Å². The summed E-state index contributed by atoms with van der Waals surface area (Å²) < 4.78 is 25.1. The molecule has 0 radical (unpaired) electrons. The lowest BCUT2D eigenvalue weighted by atomic mass is 10.0. The maximum atomic E-state index is 13.5. The van der Waals surface area contributed by atoms with Crippen LogP contribution in [0.15, 0.2) is 60.8 Å². The van der Waals surface area contributed by atoms with Crippen molar-refractivity contribution in [2.24, 2.45) is 0 Å². The minimum Gasteiger partial charge on any atom is -0.423 e. The van der Waals surface area contributed by atoms with Crippen molar-refractivity contribution in [3.63, 3.8) is 0 Å². The number of carbonyl (C=O) groups is 2. The van der Waals surface area contributed by atoms with E-state index in [2.05, 4.69) is 15.5 Å². The van der Waals surface area contributed by atoms with Gasteiger partial charge in [0, 0.05) is 36.7 Å². The maximum absolute atomic E-state index is 13.5. The van der Waals surface area contributed by atoms with E-state index in [1.807, 2.05) is 41.3 Å². The summed E-state index contributed by atoms with van der Waals surface area (Å²) in [5.41, 5.74) is 1.78. The number of rotatable bonds is 7. The predicted octanol–water partition coefficient (Wildman–Crippen LogP) is 6.25. The van der Waals surface area contributed by atoms with E-state index in [9.17, 15) is 14.2 Å². The summed E-state index contributed by atoms with van der Waals surface area (Å²) in [5.74, 6) is -0.0436. The summed E-state index contributed by atoms with van der Waals surface area (Å²) in [6, 6.07) is 16.6. The van der Waals surface area contributed by atoms with Gasteiger partial charge in [-0.1, -0.05) is 53.5 Å². The van der Waals surface area contributed by atoms with Crippen molar-refractivity contribution < 1.29 is 23.2 Å². The van der Waals surface area contributed by atoms with E-state index in [1.54, 1.807) is 18.2 Å². The number of aromatic amines is 1. The number of fused-ring (bicyclic) bond motifs is 2. The van der Waals surface area contributed by atoms with Gasteiger partial charge in [0.15, 0.2) is 5.78 Å². The molecule has 9 nitrogen and oxygen atoms in total.